The van der Waals surface area contributed by atoms with Crippen LogP contribution >= 0.6 is 0 Å². The second-order valence-electron chi connectivity index (χ2n) is 6.52. The highest BCUT2D eigenvalue weighted by Crippen LogP contribution is 2.29. The fraction of sp³-hybridized carbons (Fsp3) is 1.00. The average Bonchev–Trinajstić information content (AvgIpc) is 2.51. The maximum atomic E-state index is 10.2. The maximum absolute atomic E-state index is 10.2. The molecule has 4 heteroatoms. The summed E-state index contributed by atoms with van der Waals surface area (Å²) in [6.07, 6.45) is 9.96. The molecule has 0 radical (unpaired) electrons. The molecule has 0 aliphatic rings. The van der Waals surface area contributed by atoms with Gasteiger partial charge in [0.25, 0.3) is 0 Å². The van der Waals surface area contributed by atoms with Crippen LogP contribution in [0.5, 0.6) is 0 Å². The molecule has 0 aromatic carbocycles. The zero-order valence-corrected chi connectivity index (χ0v) is 13.9. The van der Waals surface area contributed by atoms with Crippen LogP contribution < -0.4 is 0 Å². The Kier molecular flexibility index (Phi) is 12.3. The summed E-state index contributed by atoms with van der Waals surface area (Å²) >= 11 is 0. The lowest BCUT2D eigenvalue weighted by Crippen LogP contribution is -2.48. The molecule has 0 saturated heterocycles. The maximum Gasteiger partial charge on any atom is 0.0688 e. The summed E-state index contributed by atoms with van der Waals surface area (Å²) in [6.45, 7) is 2.94. The Bertz CT molecular complexity index is 221. The minimum atomic E-state index is -1.18. The Morgan fingerprint density at radius 2 is 1.19 bits per heavy atom. The van der Waals surface area contributed by atoms with Gasteiger partial charge in [0.15, 0.2) is 0 Å². The lowest BCUT2D eigenvalue weighted by Gasteiger charge is -2.36. The van der Waals surface area contributed by atoms with Crippen molar-refractivity contribution in [3.8, 4) is 0 Å². The monoisotopic (exact) mass is 304 g/mol. The summed E-state index contributed by atoms with van der Waals surface area (Å²) in [4.78, 5) is 0. The number of hydrogen-bond donors (Lipinski definition) is 4. The highest BCUT2D eigenvalue weighted by atomic mass is 16.3. The van der Waals surface area contributed by atoms with E-state index in [2.05, 4.69) is 6.92 Å². The Hall–Kier alpha value is -0.160. The molecule has 0 aliphatic carbocycles. The Morgan fingerprint density at radius 3 is 1.62 bits per heavy atom. The Morgan fingerprint density at radius 1 is 0.762 bits per heavy atom. The third-order valence-electron chi connectivity index (χ3n) is 4.62. The smallest absolute Gasteiger partial charge is 0.0688 e. The van der Waals surface area contributed by atoms with Crippen molar-refractivity contribution < 1.29 is 20.4 Å². The van der Waals surface area contributed by atoms with Crippen LogP contribution in [0.4, 0.5) is 0 Å². The summed E-state index contributed by atoms with van der Waals surface area (Å²) in [5.74, 6) is -0.0310. The van der Waals surface area contributed by atoms with E-state index in [9.17, 15) is 20.4 Å². The van der Waals surface area contributed by atoms with E-state index in [-0.39, 0.29) is 5.92 Å². The van der Waals surface area contributed by atoms with E-state index >= 15 is 0 Å². The average molecular weight is 304 g/mol. The second kappa shape index (κ2) is 12.4. The molecule has 0 aromatic heterocycles. The van der Waals surface area contributed by atoms with Gasteiger partial charge in [-0.3, -0.25) is 0 Å². The first kappa shape index (κ1) is 20.8. The van der Waals surface area contributed by atoms with Crippen molar-refractivity contribution in [1.29, 1.82) is 0 Å². The van der Waals surface area contributed by atoms with Gasteiger partial charge in [0.05, 0.1) is 31.3 Å². The molecule has 0 aliphatic heterocycles. The van der Waals surface area contributed by atoms with Crippen molar-refractivity contribution >= 4 is 0 Å². The first-order chi connectivity index (χ1) is 10.1. The molecule has 0 heterocycles. The molecule has 4 nitrogen and oxygen atoms in total. The van der Waals surface area contributed by atoms with Crippen molar-refractivity contribution in [2.75, 3.05) is 19.8 Å². The van der Waals surface area contributed by atoms with Crippen LogP contribution in [0.25, 0.3) is 0 Å². The summed E-state index contributed by atoms with van der Waals surface area (Å²) in [5, 5.41) is 38.2. The minimum Gasteiger partial charge on any atom is -0.396 e. The van der Waals surface area contributed by atoms with Gasteiger partial charge in [0.1, 0.15) is 0 Å². The largest absolute Gasteiger partial charge is 0.396 e. The van der Waals surface area contributed by atoms with Crippen LogP contribution in [-0.2, 0) is 0 Å². The topological polar surface area (TPSA) is 80.9 Å². The molecular formula is C17H36O4. The lowest BCUT2D eigenvalue weighted by molar-refractivity contribution is -0.104. The Balaban J connectivity index is 3.85. The quantitative estimate of drug-likeness (QED) is 0.372. The van der Waals surface area contributed by atoms with E-state index in [4.69, 9.17) is 0 Å². The molecule has 0 saturated carbocycles. The van der Waals surface area contributed by atoms with Crippen molar-refractivity contribution in [2.45, 2.75) is 77.7 Å². The van der Waals surface area contributed by atoms with Gasteiger partial charge in [0.2, 0.25) is 0 Å². The lowest BCUT2D eigenvalue weighted by atomic mass is 9.77. The van der Waals surface area contributed by atoms with E-state index in [1.165, 1.54) is 38.5 Å². The molecule has 128 valence electrons. The molecule has 0 bridgehead atoms. The summed E-state index contributed by atoms with van der Waals surface area (Å²) in [5.41, 5.74) is -1.18. The predicted octanol–water partition coefficient (Wildman–Crippen LogP) is 2.48. The summed E-state index contributed by atoms with van der Waals surface area (Å²) in [7, 11) is 0. The zero-order valence-electron chi connectivity index (χ0n) is 13.9. The number of aliphatic hydroxyl groups excluding tert-OH is 4. The highest BCUT2D eigenvalue weighted by Gasteiger charge is 2.39. The standard InChI is InChI=1S/C17H36O4/c1-3-4-5-6-7-8-9-10-11-15(2)16(21)17(12-18,13-19)14-20/h15-16,18-21H,3-14H2,1-2H3. The van der Waals surface area contributed by atoms with E-state index in [0.717, 1.165) is 19.3 Å². The van der Waals surface area contributed by atoms with Gasteiger partial charge >= 0.3 is 0 Å². The molecule has 0 rings (SSSR count). The molecule has 0 fully saturated rings. The van der Waals surface area contributed by atoms with Crippen LogP contribution in [0.15, 0.2) is 0 Å². The van der Waals surface area contributed by atoms with Gasteiger partial charge in [-0.15, -0.1) is 0 Å². The van der Waals surface area contributed by atoms with E-state index < -0.39 is 31.3 Å². The Labute approximate surface area is 130 Å². The molecule has 0 aromatic rings. The van der Waals surface area contributed by atoms with Crippen molar-refractivity contribution in [1.82, 2.24) is 0 Å². The van der Waals surface area contributed by atoms with Gasteiger partial charge in [-0.25, -0.2) is 0 Å². The van der Waals surface area contributed by atoms with Gasteiger partial charge in [-0.05, 0) is 12.3 Å². The van der Waals surface area contributed by atoms with Crippen LogP contribution in [0.3, 0.4) is 0 Å². The van der Waals surface area contributed by atoms with Crippen LogP contribution in [0.2, 0.25) is 0 Å². The van der Waals surface area contributed by atoms with E-state index in [1.807, 2.05) is 6.92 Å². The van der Waals surface area contributed by atoms with Gasteiger partial charge in [-0.2, -0.15) is 0 Å². The van der Waals surface area contributed by atoms with E-state index in [0.29, 0.717) is 0 Å². The fourth-order valence-electron chi connectivity index (χ4n) is 2.79. The first-order valence-electron chi connectivity index (χ1n) is 8.58. The highest BCUT2D eigenvalue weighted by molar-refractivity contribution is 4.87. The second-order valence-corrected chi connectivity index (χ2v) is 6.52. The van der Waals surface area contributed by atoms with Crippen molar-refractivity contribution in [2.24, 2.45) is 11.3 Å². The van der Waals surface area contributed by atoms with Crippen LogP contribution in [-0.4, -0.2) is 46.4 Å². The SMILES string of the molecule is CCCCCCCCCCC(C)C(O)C(CO)(CO)CO. The predicted molar refractivity (Wildman–Crippen MR) is 86.1 cm³/mol. The third kappa shape index (κ3) is 7.59. The first-order valence-corrected chi connectivity index (χ1v) is 8.58. The third-order valence-corrected chi connectivity index (χ3v) is 4.62. The molecule has 0 amide bonds. The molecule has 2 unspecified atom stereocenters. The number of aliphatic hydroxyl groups is 4. The number of rotatable bonds is 14. The van der Waals surface area contributed by atoms with Crippen LogP contribution in [0.1, 0.15) is 71.6 Å². The molecule has 2 atom stereocenters. The number of hydrogen-bond acceptors (Lipinski definition) is 4. The van der Waals surface area contributed by atoms with Crippen molar-refractivity contribution in [3.05, 3.63) is 0 Å². The molecule has 21 heavy (non-hydrogen) atoms. The molecule has 0 spiro atoms. The number of unbranched alkanes of at least 4 members (excludes halogenated alkanes) is 7. The molecular weight excluding hydrogens is 268 g/mol. The van der Waals surface area contributed by atoms with Crippen LogP contribution in [0, 0.1) is 11.3 Å². The minimum absolute atomic E-state index is 0.0310. The van der Waals surface area contributed by atoms with E-state index in [1.54, 1.807) is 0 Å². The van der Waals surface area contributed by atoms with Gasteiger partial charge in [0, 0.05) is 0 Å². The fourth-order valence-corrected chi connectivity index (χ4v) is 2.79. The molecule has 4 N–H and O–H groups in total. The van der Waals surface area contributed by atoms with Gasteiger partial charge in [-0.1, -0.05) is 65.2 Å². The van der Waals surface area contributed by atoms with Gasteiger partial charge < -0.3 is 20.4 Å². The zero-order chi connectivity index (χ0) is 16.1. The normalized spacial score (nSPS) is 15.1. The van der Waals surface area contributed by atoms with Crippen molar-refractivity contribution in [3.63, 3.8) is 0 Å². The summed E-state index contributed by atoms with van der Waals surface area (Å²) in [6, 6.07) is 0. The summed E-state index contributed by atoms with van der Waals surface area (Å²) < 4.78 is 0.